The molecule has 0 atom stereocenters. The number of hydrogen-bond donors (Lipinski definition) is 4. The number of nitrogens with one attached hydrogen (secondary N) is 3. The maximum atomic E-state index is 12.0. The fourth-order valence-corrected chi connectivity index (χ4v) is 3.04. The molecule has 0 saturated heterocycles. The molecular formula is C19H27N3O4. The molecule has 0 bridgehead atoms. The van der Waals surface area contributed by atoms with Gasteiger partial charge in [-0.05, 0) is 43.9 Å². The topological polar surface area (TPSA) is 108 Å². The number of aromatic carboxylic acids is 1. The first-order valence-corrected chi connectivity index (χ1v) is 9.14. The van der Waals surface area contributed by atoms with Gasteiger partial charge in [0, 0.05) is 24.7 Å². The molecule has 7 nitrogen and oxygen atoms in total. The summed E-state index contributed by atoms with van der Waals surface area (Å²) >= 11 is 0. The van der Waals surface area contributed by atoms with Gasteiger partial charge in [0.05, 0.1) is 5.56 Å². The van der Waals surface area contributed by atoms with Gasteiger partial charge < -0.3 is 21.1 Å². The molecule has 3 amide bonds. The highest BCUT2D eigenvalue weighted by atomic mass is 16.4. The number of rotatable bonds is 7. The summed E-state index contributed by atoms with van der Waals surface area (Å²) in [6.07, 6.45) is 6.39. The standard InChI is InChI=1S/C19H27N3O4/c1-13-9-10-14(18(24)25)12-16(13)22-17(23)8-5-11-20-19(26)21-15-6-3-2-4-7-15/h9-10,12,15H,2-8,11H2,1H3,(H,22,23)(H,24,25)(H2,20,21,26). The Morgan fingerprint density at radius 1 is 1.15 bits per heavy atom. The first-order chi connectivity index (χ1) is 12.5. The highest BCUT2D eigenvalue weighted by Gasteiger charge is 2.15. The van der Waals surface area contributed by atoms with Crippen LogP contribution in [0.1, 0.15) is 60.9 Å². The predicted octanol–water partition coefficient (Wildman–Crippen LogP) is 3.04. The summed E-state index contributed by atoms with van der Waals surface area (Å²) in [5.41, 5.74) is 1.43. The third-order valence-electron chi connectivity index (χ3n) is 4.57. The van der Waals surface area contributed by atoms with Crippen LogP contribution in [0.25, 0.3) is 0 Å². The fourth-order valence-electron chi connectivity index (χ4n) is 3.04. The van der Waals surface area contributed by atoms with Crippen LogP contribution >= 0.6 is 0 Å². The number of aryl methyl sites for hydroxylation is 1. The smallest absolute Gasteiger partial charge is 0.335 e. The van der Waals surface area contributed by atoms with Gasteiger partial charge in [0.15, 0.2) is 0 Å². The molecule has 142 valence electrons. The number of carboxylic acid groups (broad SMARTS) is 1. The molecule has 2 rings (SSSR count). The van der Waals surface area contributed by atoms with E-state index in [1.807, 2.05) is 0 Å². The maximum Gasteiger partial charge on any atom is 0.335 e. The molecule has 7 heteroatoms. The molecule has 1 fully saturated rings. The molecule has 0 unspecified atom stereocenters. The Bertz CT molecular complexity index is 654. The number of urea groups is 1. The lowest BCUT2D eigenvalue weighted by atomic mass is 9.96. The lowest BCUT2D eigenvalue weighted by Crippen LogP contribution is -2.43. The minimum Gasteiger partial charge on any atom is -0.478 e. The quantitative estimate of drug-likeness (QED) is 0.560. The molecule has 0 aromatic heterocycles. The monoisotopic (exact) mass is 361 g/mol. The van der Waals surface area contributed by atoms with Crippen LogP contribution in [-0.2, 0) is 4.79 Å². The van der Waals surface area contributed by atoms with Crippen molar-refractivity contribution < 1.29 is 19.5 Å². The van der Waals surface area contributed by atoms with Crippen LogP contribution < -0.4 is 16.0 Å². The van der Waals surface area contributed by atoms with Crippen molar-refractivity contribution in [2.24, 2.45) is 0 Å². The van der Waals surface area contributed by atoms with Gasteiger partial charge in [0.25, 0.3) is 0 Å². The molecule has 0 radical (unpaired) electrons. The van der Waals surface area contributed by atoms with Gasteiger partial charge >= 0.3 is 12.0 Å². The average molecular weight is 361 g/mol. The summed E-state index contributed by atoms with van der Waals surface area (Å²) in [5.74, 6) is -1.24. The Morgan fingerprint density at radius 2 is 1.88 bits per heavy atom. The summed E-state index contributed by atoms with van der Waals surface area (Å²) in [7, 11) is 0. The minimum atomic E-state index is -1.03. The minimum absolute atomic E-state index is 0.131. The van der Waals surface area contributed by atoms with Gasteiger partial charge in [0.2, 0.25) is 5.91 Å². The molecular weight excluding hydrogens is 334 g/mol. The third-order valence-corrected chi connectivity index (χ3v) is 4.57. The van der Waals surface area contributed by atoms with E-state index in [1.165, 1.54) is 18.6 Å². The number of amides is 3. The number of carbonyl (C=O) groups is 3. The van der Waals surface area contributed by atoms with Gasteiger partial charge in [-0.2, -0.15) is 0 Å². The van der Waals surface area contributed by atoms with Crippen LogP contribution in [0.3, 0.4) is 0 Å². The number of carbonyl (C=O) groups excluding carboxylic acids is 2. The SMILES string of the molecule is Cc1ccc(C(=O)O)cc1NC(=O)CCCNC(=O)NC1CCCCC1. The van der Waals surface area contributed by atoms with Gasteiger partial charge in [-0.25, -0.2) is 9.59 Å². The second-order valence-corrected chi connectivity index (χ2v) is 6.72. The van der Waals surface area contributed by atoms with E-state index >= 15 is 0 Å². The summed E-state index contributed by atoms with van der Waals surface area (Å²) in [4.78, 5) is 34.8. The number of benzene rings is 1. The Kier molecular flexibility index (Phi) is 7.44. The Morgan fingerprint density at radius 3 is 2.58 bits per heavy atom. The maximum absolute atomic E-state index is 12.0. The van der Waals surface area contributed by atoms with E-state index in [9.17, 15) is 14.4 Å². The van der Waals surface area contributed by atoms with Crippen molar-refractivity contribution in [3.8, 4) is 0 Å². The molecule has 0 aliphatic heterocycles. The molecule has 1 aliphatic rings. The lowest BCUT2D eigenvalue weighted by molar-refractivity contribution is -0.116. The fraction of sp³-hybridized carbons (Fsp3) is 0.526. The van der Waals surface area contributed by atoms with Crippen molar-refractivity contribution in [2.75, 3.05) is 11.9 Å². The zero-order chi connectivity index (χ0) is 18.9. The molecule has 0 spiro atoms. The van der Waals surface area contributed by atoms with E-state index in [4.69, 9.17) is 5.11 Å². The highest BCUT2D eigenvalue weighted by Crippen LogP contribution is 2.18. The summed E-state index contributed by atoms with van der Waals surface area (Å²) < 4.78 is 0. The first kappa shape index (κ1) is 19.8. The van der Waals surface area contributed by atoms with Gasteiger partial charge in [-0.3, -0.25) is 4.79 Å². The van der Waals surface area contributed by atoms with Crippen LogP contribution in [0.15, 0.2) is 18.2 Å². The zero-order valence-electron chi connectivity index (χ0n) is 15.1. The second-order valence-electron chi connectivity index (χ2n) is 6.72. The van der Waals surface area contributed by atoms with E-state index in [0.717, 1.165) is 31.2 Å². The predicted molar refractivity (Wildman–Crippen MR) is 99.4 cm³/mol. The first-order valence-electron chi connectivity index (χ1n) is 9.14. The number of carboxylic acids is 1. The summed E-state index contributed by atoms with van der Waals surface area (Å²) in [6.45, 7) is 2.22. The molecule has 1 aliphatic carbocycles. The van der Waals surface area contributed by atoms with Crippen molar-refractivity contribution in [1.82, 2.24) is 10.6 Å². The molecule has 1 aromatic carbocycles. The molecule has 0 heterocycles. The summed E-state index contributed by atoms with van der Waals surface area (Å²) in [6, 6.07) is 4.70. The van der Waals surface area contributed by atoms with Crippen molar-refractivity contribution >= 4 is 23.6 Å². The van der Waals surface area contributed by atoms with E-state index < -0.39 is 5.97 Å². The summed E-state index contributed by atoms with van der Waals surface area (Å²) in [5, 5.41) is 17.5. The van der Waals surface area contributed by atoms with Crippen molar-refractivity contribution in [2.45, 2.75) is 57.9 Å². The van der Waals surface area contributed by atoms with Crippen molar-refractivity contribution in [1.29, 1.82) is 0 Å². The van der Waals surface area contributed by atoms with Crippen molar-refractivity contribution in [3.05, 3.63) is 29.3 Å². The largest absolute Gasteiger partial charge is 0.478 e. The second kappa shape index (κ2) is 9.79. The molecule has 1 aromatic rings. The molecule has 1 saturated carbocycles. The van der Waals surface area contributed by atoms with Crippen LogP contribution in [0.2, 0.25) is 0 Å². The molecule has 26 heavy (non-hydrogen) atoms. The van der Waals surface area contributed by atoms with E-state index in [0.29, 0.717) is 18.7 Å². The van der Waals surface area contributed by atoms with E-state index in [2.05, 4.69) is 16.0 Å². The van der Waals surface area contributed by atoms with Gasteiger partial charge in [0.1, 0.15) is 0 Å². The van der Waals surface area contributed by atoms with Crippen LogP contribution in [0, 0.1) is 6.92 Å². The van der Waals surface area contributed by atoms with Crippen molar-refractivity contribution in [3.63, 3.8) is 0 Å². The van der Waals surface area contributed by atoms with Gasteiger partial charge in [-0.1, -0.05) is 25.3 Å². The Hall–Kier alpha value is -2.57. The van der Waals surface area contributed by atoms with Crippen LogP contribution in [0.5, 0.6) is 0 Å². The normalized spacial score (nSPS) is 14.5. The average Bonchev–Trinajstić information content (AvgIpc) is 2.61. The Labute approximate surface area is 153 Å². The highest BCUT2D eigenvalue weighted by molar-refractivity contribution is 5.94. The van der Waals surface area contributed by atoms with E-state index in [1.54, 1.807) is 13.0 Å². The number of hydrogen-bond acceptors (Lipinski definition) is 3. The van der Waals surface area contributed by atoms with Gasteiger partial charge in [-0.15, -0.1) is 0 Å². The zero-order valence-corrected chi connectivity index (χ0v) is 15.1. The number of anilines is 1. The van der Waals surface area contributed by atoms with E-state index in [-0.39, 0.29) is 30.0 Å². The molecule has 4 N–H and O–H groups in total. The Balaban J connectivity index is 1.68. The lowest BCUT2D eigenvalue weighted by Gasteiger charge is -2.22. The third kappa shape index (κ3) is 6.38. The van der Waals surface area contributed by atoms with Crippen LogP contribution in [-0.4, -0.2) is 35.6 Å². The van der Waals surface area contributed by atoms with Crippen LogP contribution in [0.4, 0.5) is 10.5 Å².